The zero-order valence-corrected chi connectivity index (χ0v) is 17.3. The van der Waals surface area contributed by atoms with E-state index in [1.165, 1.54) is 4.90 Å². The van der Waals surface area contributed by atoms with Gasteiger partial charge in [0, 0.05) is 10.6 Å². The molecule has 152 valence electrons. The number of aromatic hydroxyl groups is 1. The third kappa shape index (κ3) is 3.81. The summed E-state index contributed by atoms with van der Waals surface area (Å²) in [6.45, 7) is 4.53. The number of quaternary nitrogens is 1. The van der Waals surface area contributed by atoms with E-state index in [0.717, 1.165) is 53.0 Å². The molecule has 7 heteroatoms. The Morgan fingerprint density at radius 3 is 2.53 bits per heavy atom. The summed E-state index contributed by atoms with van der Waals surface area (Å²) in [5.74, 6) is 1.04. The van der Waals surface area contributed by atoms with E-state index in [2.05, 4.69) is 22.0 Å². The van der Waals surface area contributed by atoms with Crippen molar-refractivity contribution >= 4 is 27.2 Å². The molecule has 30 heavy (non-hydrogen) atoms. The largest absolute Gasteiger partial charge is 0.508 e. The third-order valence-electron chi connectivity index (χ3n) is 5.61. The summed E-state index contributed by atoms with van der Waals surface area (Å²) in [5, 5.41) is 10.1. The van der Waals surface area contributed by atoms with E-state index >= 15 is 0 Å². The molecule has 0 bridgehead atoms. The number of hydrogen-bond acceptors (Lipinski definition) is 5. The molecule has 0 unspecified atom stereocenters. The number of anilines is 1. The summed E-state index contributed by atoms with van der Waals surface area (Å²) in [4.78, 5) is 26.0. The molecule has 2 aromatic heterocycles. The number of nitrogens with zero attached hydrogens (tertiary/aromatic N) is 2. The Kier molecular flexibility index (Phi) is 4.98. The van der Waals surface area contributed by atoms with Gasteiger partial charge >= 0.3 is 0 Å². The fourth-order valence-corrected chi connectivity index (χ4v) is 5.02. The zero-order chi connectivity index (χ0) is 20.5. The number of rotatable bonds is 4. The summed E-state index contributed by atoms with van der Waals surface area (Å²) in [6.07, 6.45) is 0. The quantitative estimate of drug-likeness (QED) is 0.474. The molecular formula is C23H23N4O2S+. The Balaban J connectivity index is 1.30. The second-order valence-electron chi connectivity index (χ2n) is 7.64. The summed E-state index contributed by atoms with van der Waals surface area (Å²) >= 11 is 1.57. The number of fused-ring (bicyclic) bond motifs is 1. The number of phenols is 1. The van der Waals surface area contributed by atoms with E-state index in [4.69, 9.17) is 4.98 Å². The normalized spacial score (nSPS) is 15.0. The molecule has 1 fully saturated rings. The molecule has 1 saturated heterocycles. The monoisotopic (exact) mass is 419 g/mol. The minimum Gasteiger partial charge on any atom is -0.508 e. The van der Waals surface area contributed by atoms with Crippen molar-refractivity contribution < 1.29 is 10.0 Å². The molecule has 0 aliphatic carbocycles. The fraction of sp³-hybridized carbons (Fsp3) is 0.217. The summed E-state index contributed by atoms with van der Waals surface area (Å²) in [5.41, 5.74) is 2.18. The minimum atomic E-state index is -0.0597. The van der Waals surface area contributed by atoms with E-state index in [9.17, 15) is 9.90 Å². The standard InChI is InChI=1S/C23H22N4O2S/c28-18-8-6-17(7-9-18)27-12-10-26(11-13-27)15-21-24-22(29)19-14-20(30-23(19)25-21)16-4-2-1-3-5-16/h1-9,14,28H,10-13,15H2,(H,24,25,29)/p+1. The maximum Gasteiger partial charge on any atom is 0.259 e. The number of aromatic nitrogens is 2. The molecule has 3 heterocycles. The minimum absolute atomic E-state index is 0.0597. The molecule has 1 aliphatic heterocycles. The number of nitrogens with one attached hydrogen (secondary N) is 2. The van der Waals surface area contributed by atoms with Gasteiger partial charge in [-0.2, -0.15) is 0 Å². The first-order chi connectivity index (χ1) is 14.7. The lowest BCUT2D eigenvalue weighted by molar-refractivity contribution is -0.915. The highest BCUT2D eigenvalue weighted by Gasteiger charge is 2.22. The van der Waals surface area contributed by atoms with Crippen LogP contribution in [0.25, 0.3) is 20.7 Å². The van der Waals surface area contributed by atoms with E-state index < -0.39 is 0 Å². The highest BCUT2D eigenvalue weighted by atomic mass is 32.1. The number of benzene rings is 2. The van der Waals surface area contributed by atoms with Gasteiger partial charge in [-0.25, -0.2) is 4.98 Å². The second-order valence-corrected chi connectivity index (χ2v) is 8.67. The number of piperazine rings is 1. The lowest BCUT2D eigenvalue weighted by atomic mass is 10.2. The van der Waals surface area contributed by atoms with E-state index in [-0.39, 0.29) is 11.3 Å². The van der Waals surface area contributed by atoms with Crippen molar-refractivity contribution in [2.45, 2.75) is 6.54 Å². The van der Waals surface area contributed by atoms with Gasteiger partial charge in [0.1, 0.15) is 17.1 Å². The van der Waals surface area contributed by atoms with Crippen molar-refractivity contribution in [1.82, 2.24) is 9.97 Å². The lowest BCUT2D eigenvalue weighted by Crippen LogP contribution is -3.13. The fourth-order valence-electron chi connectivity index (χ4n) is 3.96. The van der Waals surface area contributed by atoms with Gasteiger partial charge in [-0.15, -0.1) is 11.3 Å². The highest BCUT2D eigenvalue weighted by molar-refractivity contribution is 7.21. The third-order valence-corrected chi connectivity index (χ3v) is 6.69. The summed E-state index contributed by atoms with van der Waals surface area (Å²) < 4.78 is 0. The van der Waals surface area contributed by atoms with Crippen LogP contribution in [0.15, 0.2) is 65.5 Å². The smallest absolute Gasteiger partial charge is 0.259 e. The van der Waals surface area contributed by atoms with Gasteiger partial charge in [0.15, 0.2) is 5.82 Å². The van der Waals surface area contributed by atoms with Crippen molar-refractivity contribution in [3.05, 3.63) is 76.8 Å². The first-order valence-electron chi connectivity index (χ1n) is 10.1. The average molecular weight is 420 g/mol. The zero-order valence-electron chi connectivity index (χ0n) is 16.5. The Bertz CT molecular complexity index is 1210. The van der Waals surface area contributed by atoms with Crippen LogP contribution in [-0.4, -0.2) is 41.3 Å². The van der Waals surface area contributed by atoms with Gasteiger partial charge in [0.25, 0.3) is 5.56 Å². The molecule has 0 atom stereocenters. The SMILES string of the molecule is O=c1[nH]c(C[NH+]2CCN(c3ccc(O)cc3)CC2)nc2sc(-c3ccccc3)cc12. The van der Waals surface area contributed by atoms with Crippen LogP contribution < -0.4 is 15.4 Å². The number of phenolic OH excluding ortho intramolecular Hbond substituents is 1. The molecule has 0 amide bonds. The predicted molar refractivity (Wildman–Crippen MR) is 120 cm³/mol. The predicted octanol–water partition coefficient (Wildman–Crippen LogP) is 2.26. The van der Waals surface area contributed by atoms with Gasteiger partial charge in [-0.3, -0.25) is 4.79 Å². The maximum absolute atomic E-state index is 12.6. The Labute approximate surface area is 178 Å². The van der Waals surface area contributed by atoms with Crippen LogP contribution >= 0.6 is 11.3 Å². The van der Waals surface area contributed by atoms with Crippen molar-refractivity contribution in [2.24, 2.45) is 0 Å². The first-order valence-corrected chi connectivity index (χ1v) is 10.9. The number of hydrogen-bond donors (Lipinski definition) is 3. The maximum atomic E-state index is 12.6. The molecule has 0 spiro atoms. The second kappa shape index (κ2) is 7.93. The van der Waals surface area contributed by atoms with Crippen molar-refractivity contribution in [2.75, 3.05) is 31.1 Å². The first kappa shape index (κ1) is 18.8. The van der Waals surface area contributed by atoms with Gasteiger partial charge in [-0.1, -0.05) is 30.3 Å². The van der Waals surface area contributed by atoms with Crippen LogP contribution in [0.2, 0.25) is 0 Å². The number of H-pyrrole nitrogens is 1. The Hall–Kier alpha value is -3.16. The molecule has 4 aromatic rings. The van der Waals surface area contributed by atoms with Crippen molar-refractivity contribution in [1.29, 1.82) is 0 Å². The van der Waals surface area contributed by atoms with E-state index in [1.807, 2.05) is 36.4 Å². The topological polar surface area (TPSA) is 73.7 Å². The van der Waals surface area contributed by atoms with E-state index in [1.54, 1.807) is 23.5 Å². The molecule has 6 nitrogen and oxygen atoms in total. The van der Waals surface area contributed by atoms with Crippen LogP contribution in [-0.2, 0) is 6.54 Å². The Morgan fingerprint density at radius 2 is 1.80 bits per heavy atom. The Morgan fingerprint density at radius 1 is 1.07 bits per heavy atom. The van der Waals surface area contributed by atoms with Gasteiger partial charge in [0.2, 0.25) is 0 Å². The molecular weight excluding hydrogens is 396 g/mol. The van der Waals surface area contributed by atoms with Crippen LogP contribution in [0.4, 0.5) is 5.69 Å². The number of aromatic amines is 1. The van der Waals surface area contributed by atoms with Crippen LogP contribution in [0, 0.1) is 0 Å². The molecule has 3 N–H and O–H groups in total. The highest BCUT2D eigenvalue weighted by Crippen LogP contribution is 2.30. The average Bonchev–Trinajstić information content (AvgIpc) is 3.20. The molecule has 1 aliphatic rings. The van der Waals surface area contributed by atoms with E-state index in [0.29, 0.717) is 11.9 Å². The summed E-state index contributed by atoms with van der Waals surface area (Å²) in [7, 11) is 0. The lowest BCUT2D eigenvalue weighted by Gasteiger charge is -2.33. The van der Waals surface area contributed by atoms with Gasteiger partial charge in [0.05, 0.1) is 31.6 Å². The molecule has 0 saturated carbocycles. The van der Waals surface area contributed by atoms with Crippen LogP contribution in [0.3, 0.4) is 0 Å². The van der Waals surface area contributed by atoms with Crippen LogP contribution in [0.5, 0.6) is 5.75 Å². The summed E-state index contributed by atoms with van der Waals surface area (Å²) in [6, 6.07) is 19.4. The number of thiophene rings is 1. The molecule has 5 rings (SSSR count). The van der Waals surface area contributed by atoms with Gasteiger partial charge in [-0.05, 0) is 35.9 Å². The van der Waals surface area contributed by atoms with Gasteiger partial charge < -0.3 is 19.9 Å². The van der Waals surface area contributed by atoms with Crippen molar-refractivity contribution in [3.63, 3.8) is 0 Å². The van der Waals surface area contributed by atoms with Crippen LogP contribution in [0.1, 0.15) is 5.82 Å². The molecule has 0 radical (unpaired) electrons. The molecule has 2 aromatic carbocycles. The van der Waals surface area contributed by atoms with Crippen molar-refractivity contribution in [3.8, 4) is 16.2 Å².